The highest BCUT2D eigenvalue weighted by Crippen LogP contribution is 2.27. The highest BCUT2D eigenvalue weighted by molar-refractivity contribution is 7.89. The van der Waals surface area contributed by atoms with E-state index in [4.69, 9.17) is 25.9 Å². The van der Waals surface area contributed by atoms with Crippen molar-refractivity contribution in [2.24, 2.45) is 5.14 Å². The predicted octanol–water partition coefficient (Wildman–Crippen LogP) is 2.20. The van der Waals surface area contributed by atoms with E-state index in [0.29, 0.717) is 23.7 Å². The van der Waals surface area contributed by atoms with Crippen molar-refractivity contribution in [2.75, 3.05) is 12.4 Å². The van der Waals surface area contributed by atoms with Crippen LogP contribution in [0.5, 0.6) is 5.75 Å². The summed E-state index contributed by atoms with van der Waals surface area (Å²) in [5, 5.41) is 8.39. The Morgan fingerprint density at radius 1 is 1.35 bits per heavy atom. The molecule has 3 N–H and O–H groups in total. The first kappa shape index (κ1) is 14.7. The quantitative estimate of drug-likeness (QED) is 0.881. The minimum Gasteiger partial charge on any atom is -0.495 e. The molecule has 0 amide bonds. The van der Waals surface area contributed by atoms with Crippen LogP contribution in [0, 0.1) is 0 Å². The van der Waals surface area contributed by atoms with E-state index in [0.717, 1.165) is 0 Å². The third kappa shape index (κ3) is 3.44. The van der Waals surface area contributed by atoms with Gasteiger partial charge in [-0.15, -0.1) is 0 Å². The fourth-order valence-corrected chi connectivity index (χ4v) is 2.33. The van der Waals surface area contributed by atoms with Crippen LogP contribution in [0.1, 0.15) is 5.76 Å². The van der Waals surface area contributed by atoms with E-state index in [1.54, 1.807) is 12.1 Å². The average molecular weight is 317 g/mol. The minimum absolute atomic E-state index is 0.00160. The Balaban J connectivity index is 2.24. The van der Waals surface area contributed by atoms with Crippen LogP contribution in [-0.2, 0) is 16.6 Å². The van der Waals surface area contributed by atoms with E-state index in [2.05, 4.69) is 5.32 Å². The number of sulfonamides is 1. The molecule has 0 fully saturated rings. The maximum Gasteiger partial charge on any atom is 0.238 e. The summed E-state index contributed by atoms with van der Waals surface area (Å²) in [4.78, 5) is -0.00160. The first-order valence-electron chi connectivity index (χ1n) is 5.59. The highest BCUT2D eigenvalue weighted by atomic mass is 35.5. The zero-order valence-corrected chi connectivity index (χ0v) is 12.2. The predicted molar refractivity (Wildman–Crippen MR) is 75.4 cm³/mol. The van der Waals surface area contributed by atoms with E-state index in [-0.39, 0.29) is 10.1 Å². The molecule has 0 aliphatic carbocycles. The molecule has 20 heavy (non-hydrogen) atoms. The number of halogens is 1. The molecule has 108 valence electrons. The van der Waals surface area contributed by atoms with Gasteiger partial charge in [-0.25, -0.2) is 13.6 Å². The fraction of sp³-hybridized carbons (Fsp3) is 0.167. The number of hydrogen-bond acceptors (Lipinski definition) is 5. The van der Waals surface area contributed by atoms with Crippen molar-refractivity contribution in [1.29, 1.82) is 0 Å². The lowest BCUT2D eigenvalue weighted by atomic mass is 10.3. The number of benzene rings is 1. The van der Waals surface area contributed by atoms with Crippen LogP contribution in [0.4, 0.5) is 5.69 Å². The second kappa shape index (κ2) is 5.74. The zero-order valence-electron chi connectivity index (χ0n) is 10.6. The Morgan fingerprint density at radius 2 is 2.10 bits per heavy atom. The molecule has 0 unspecified atom stereocenters. The normalized spacial score (nSPS) is 11.3. The Hall–Kier alpha value is -1.70. The second-order valence-electron chi connectivity index (χ2n) is 3.97. The van der Waals surface area contributed by atoms with Crippen LogP contribution in [0.25, 0.3) is 0 Å². The lowest BCUT2D eigenvalue weighted by Gasteiger charge is -2.11. The lowest BCUT2D eigenvalue weighted by Crippen LogP contribution is -2.12. The van der Waals surface area contributed by atoms with E-state index >= 15 is 0 Å². The van der Waals surface area contributed by atoms with Gasteiger partial charge in [-0.2, -0.15) is 0 Å². The number of primary sulfonamides is 1. The molecule has 0 saturated carbocycles. The summed E-state index contributed by atoms with van der Waals surface area (Å²) in [5.74, 6) is 1.10. The summed E-state index contributed by atoms with van der Waals surface area (Å²) in [6, 6.07) is 7.64. The van der Waals surface area contributed by atoms with Crippen molar-refractivity contribution >= 4 is 27.3 Å². The van der Waals surface area contributed by atoms with Crippen molar-refractivity contribution in [1.82, 2.24) is 0 Å². The summed E-state index contributed by atoms with van der Waals surface area (Å²) in [5.41, 5.74) is 0.492. The third-order valence-corrected chi connectivity index (χ3v) is 3.70. The van der Waals surface area contributed by atoms with Crippen LogP contribution in [-0.4, -0.2) is 15.5 Å². The molecule has 0 radical (unpaired) electrons. The maximum absolute atomic E-state index is 11.3. The third-order valence-electron chi connectivity index (χ3n) is 2.58. The van der Waals surface area contributed by atoms with Crippen LogP contribution < -0.4 is 15.2 Å². The van der Waals surface area contributed by atoms with E-state index in [1.165, 1.54) is 25.3 Å². The number of nitrogens with two attached hydrogens (primary N) is 1. The largest absolute Gasteiger partial charge is 0.495 e. The van der Waals surface area contributed by atoms with Gasteiger partial charge in [0.05, 0.1) is 24.2 Å². The van der Waals surface area contributed by atoms with Crippen molar-refractivity contribution in [2.45, 2.75) is 11.4 Å². The molecule has 8 heteroatoms. The molecule has 0 atom stereocenters. The number of furan rings is 1. The number of anilines is 1. The Bertz CT molecular complexity index is 712. The molecule has 0 saturated heterocycles. The minimum atomic E-state index is -3.77. The van der Waals surface area contributed by atoms with Crippen LogP contribution in [0.15, 0.2) is 39.6 Å². The van der Waals surface area contributed by atoms with Gasteiger partial charge in [-0.1, -0.05) is 0 Å². The van der Waals surface area contributed by atoms with Crippen molar-refractivity contribution in [3.63, 3.8) is 0 Å². The molecule has 0 aliphatic heterocycles. The number of nitrogens with one attached hydrogen (secondary N) is 1. The lowest BCUT2D eigenvalue weighted by molar-refractivity contribution is 0.416. The summed E-state index contributed by atoms with van der Waals surface area (Å²) >= 11 is 5.67. The number of rotatable bonds is 5. The van der Waals surface area contributed by atoms with Gasteiger partial charge in [0.2, 0.25) is 10.0 Å². The Labute approximate surface area is 121 Å². The van der Waals surface area contributed by atoms with Gasteiger partial charge >= 0.3 is 0 Å². The molecule has 1 aromatic carbocycles. The summed E-state index contributed by atoms with van der Waals surface area (Å²) < 4.78 is 33.0. The van der Waals surface area contributed by atoms with E-state index in [9.17, 15) is 8.42 Å². The first-order valence-corrected chi connectivity index (χ1v) is 7.51. The summed E-state index contributed by atoms with van der Waals surface area (Å²) in [7, 11) is -2.28. The Morgan fingerprint density at radius 3 is 2.65 bits per heavy atom. The molecule has 2 rings (SSSR count). The van der Waals surface area contributed by atoms with Gasteiger partial charge in [-0.05, 0) is 41.9 Å². The van der Waals surface area contributed by atoms with Crippen molar-refractivity contribution in [3.8, 4) is 5.75 Å². The molecule has 0 spiro atoms. The first-order chi connectivity index (χ1) is 9.40. The molecular weight excluding hydrogens is 304 g/mol. The smallest absolute Gasteiger partial charge is 0.238 e. The van der Waals surface area contributed by atoms with Crippen LogP contribution in [0.3, 0.4) is 0 Å². The average Bonchev–Trinajstić information content (AvgIpc) is 2.80. The van der Waals surface area contributed by atoms with Gasteiger partial charge in [0.1, 0.15) is 11.5 Å². The fourth-order valence-electron chi connectivity index (χ4n) is 1.63. The second-order valence-corrected chi connectivity index (χ2v) is 5.90. The standard InChI is InChI=1S/C12H13ClN2O4S/c1-18-11-4-3-9(20(14,16)17)6-10(11)15-7-8-2-5-12(13)19-8/h2-6,15H,7H2,1H3,(H2,14,16,17). The van der Waals surface area contributed by atoms with Crippen molar-refractivity contribution < 1.29 is 17.6 Å². The SMILES string of the molecule is COc1ccc(S(N)(=O)=O)cc1NCc1ccc(Cl)o1. The van der Waals surface area contributed by atoms with Crippen LogP contribution >= 0.6 is 11.6 Å². The van der Waals surface area contributed by atoms with Gasteiger partial charge in [-0.3, -0.25) is 0 Å². The number of ether oxygens (including phenoxy) is 1. The van der Waals surface area contributed by atoms with Gasteiger partial charge < -0.3 is 14.5 Å². The number of hydrogen-bond donors (Lipinski definition) is 2. The molecule has 1 heterocycles. The molecule has 1 aromatic heterocycles. The highest BCUT2D eigenvalue weighted by Gasteiger charge is 2.12. The maximum atomic E-state index is 11.3. The van der Waals surface area contributed by atoms with E-state index in [1.807, 2.05) is 0 Å². The van der Waals surface area contributed by atoms with Crippen molar-refractivity contribution in [3.05, 3.63) is 41.3 Å². The topological polar surface area (TPSA) is 94.6 Å². The van der Waals surface area contributed by atoms with Gasteiger partial charge in [0.15, 0.2) is 5.22 Å². The molecular formula is C12H13ClN2O4S. The molecule has 6 nitrogen and oxygen atoms in total. The molecule has 0 bridgehead atoms. The van der Waals surface area contributed by atoms with Gasteiger partial charge in [0.25, 0.3) is 0 Å². The Kier molecular flexibility index (Phi) is 4.22. The molecule has 2 aromatic rings. The van der Waals surface area contributed by atoms with E-state index < -0.39 is 10.0 Å². The molecule has 0 aliphatic rings. The zero-order chi connectivity index (χ0) is 14.8. The number of methoxy groups -OCH3 is 1. The summed E-state index contributed by atoms with van der Waals surface area (Å²) in [6.45, 7) is 0.331. The van der Waals surface area contributed by atoms with Crippen LogP contribution in [0.2, 0.25) is 5.22 Å². The summed E-state index contributed by atoms with van der Waals surface area (Å²) in [6.07, 6.45) is 0. The monoisotopic (exact) mass is 316 g/mol. The van der Waals surface area contributed by atoms with Gasteiger partial charge in [0, 0.05) is 0 Å².